The van der Waals surface area contributed by atoms with E-state index in [1.54, 1.807) is 18.2 Å². The van der Waals surface area contributed by atoms with Gasteiger partial charge in [0, 0.05) is 7.05 Å². The molecule has 0 aromatic heterocycles. The zero-order valence-electron chi connectivity index (χ0n) is 8.19. The number of nitrogens with one attached hydrogen (secondary N) is 1. The molecule has 1 aromatic carbocycles. The van der Waals surface area contributed by atoms with Gasteiger partial charge in [-0.15, -0.1) is 0 Å². The van der Waals surface area contributed by atoms with Crippen LogP contribution in [0.2, 0.25) is 0 Å². The average Bonchev–Trinajstić information content (AvgIpc) is 2.60. The van der Waals surface area contributed by atoms with E-state index in [9.17, 15) is 9.82 Å². The van der Waals surface area contributed by atoms with Crippen LogP contribution in [0.5, 0.6) is 5.75 Å². The van der Waals surface area contributed by atoms with Crippen LogP contribution in [-0.4, -0.2) is 25.3 Å². The maximum Gasteiger partial charge on any atom is 0.491 e. The summed E-state index contributed by atoms with van der Waals surface area (Å²) >= 11 is 0. The van der Waals surface area contributed by atoms with Crippen molar-refractivity contribution in [1.29, 1.82) is 0 Å². The number of fused-ring (bicyclic) bond motifs is 1. The van der Waals surface area contributed by atoms with Crippen molar-refractivity contribution in [3.05, 3.63) is 23.8 Å². The smallest absolute Gasteiger partial charge is 0.423 e. The molecule has 78 valence electrons. The molecule has 0 atom stereocenters. The second-order valence-corrected chi connectivity index (χ2v) is 3.16. The molecule has 0 spiro atoms. The first-order valence-electron chi connectivity index (χ1n) is 4.53. The van der Waals surface area contributed by atoms with Crippen LogP contribution < -0.4 is 15.5 Å². The molecule has 0 radical (unpaired) electrons. The van der Waals surface area contributed by atoms with Gasteiger partial charge in [0.15, 0.2) is 0 Å². The molecule has 0 fully saturated rings. The van der Waals surface area contributed by atoms with Crippen molar-refractivity contribution in [2.24, 2.45) is 0 Å². The second kappa shape index (κ2) is 3.92. The molecule has 2 rings (SSSR count). The maximum absolute atomic E-state index is 10.9. The normalized spacial score (nSPS) is 13.6. The van der Waals surface area contributed by atoms with Gasteiger partial charge in [0.1, 0.15) is 5.75 Å². The van der Waals surface area contributed by atoms with Crippen molar-refractivity contribution in [3.8, 4) is 5.75 Å². The van der Waals surface area contributed by atoms with Crippen LogP contribution in [0, 0.1) is 0 Å². The summed E-state index contributed by atoms with van der Waals surface area (Å²) in [5.74, 6) is 0.387. The lowest BCUT2D eigenvalue weighted by atomic mass is 9.79. The molecule has 0 bridgehead atoms. The van der Waals surface area contributed by atoms with E-state index in [1.165, 1.54) is 7.05 Å². The minimum atomic E-state index is -0.923. The highest BCUT2D eigenvalue weighted by atomic mass is 16.6. The van der Waals surface area contributed by atoms with Gasteiger partial charge in [0.25, 0.3) is 0 Å². The Labute approximate surface area is 87.1 Å². The number of benzene rings is 1. The van der Waals surface area contributed by atoms with E-state index in [4.69, 9.17) is 9.39 Å². The zero-order valence-corrected chi connectivity index (χ0v) is 8.19. The molecule has 0 saturated heterocycles. The van der Waals surface area contributed by atoms with Crippen molar-refractivity contribution in [1.82, 2.24) is 5.32 Å². The Kier molecular flexibility index (Phi) is 2.61. The molecule has 15 heavy (non-hydrogen) atoms. The molecular formula is C9H10BNO4. The van der Waals surface area contributed by atoms with Gasteiger partial charge < -0.3 is 19.7 Å². The Bertz CT molecular complexity index is 396. The monoisotopic (exact) mass is 207 g/mol. The van der Waals surface area contributed by atoms with Crippen LogP contribution in [0.15, 0.2) is 18.2 Å². The van der Waals surface area contributed by atoms with Gasteiger partial charge in [-0.05, 0) is 23.2 Å². The summed E-state index contributed by atoms with van der Waals surface area (Å²) in [7, 11) is 0.557. The van der Waals surface area contributed by atoms with Gasteiger partial charge in [-0.3, -0.25) is 0 Å². The molecule has 6 heteroatoms. The SMILES string of the molecule is CNC(=O)Oc1ccc2c(c1)B(O)OC2. The molecule has 1 aliphatic heterocycles. The molecule has 1 heterocycles. The molecule has 2 N–H and O–H groups in total. The van der Waals surface area contributed by atoms with Crippen LogP contribution >= 0.6 is 0 Å². The molecular weight excluding hydrogens is 197 g/mol. The summed E-state index contributed by atoms with van der Waals surface area (Å²) in [6, 6.07) is 5.03. The minimum absolute atomic E-state index is 0.386. The highest BCUT2D eigenvalue weighted by Gasteiger charge is 2.27. The first-order chi connectivity index (χ1) is 7.20. The number of hydrogen-bond acceptors (Lipinski definition) is 4. The van der Waals surface area contributed by atoms with Crippen LogP contribution in [0.3, 0.4) is 0 Å². The molecule has 0 saturated carbocycles. The van der Waals surface area contributed by atoms with Crippen molar-refractivity contribution in [2.75, 3.05) is 7.05 Å². The van der Waals surface area contributed by atoms with Crippen LogP contribution in [0.1, 0.15) is 5.56 Å². The third-order valence-corrected chi connectivity index (χ3v) is 2.19. The lowest BCUT2D eigenvalue weighted by Gasteiger charge is -2.05. The summed E-state index contributed by atoms with van der Waals surface area (Å²) in [4.78, 5) is 10.9. The number of carbonyl (C=O) groups is 1. The fraction of sp³-hybridized carbons (Fsp3) is 0.222. The van der Waals surface area contributed by atoms with Crippen LogP contribution in [0.25, 0.3) is 0 Å². The Balaban J connectivity index is 2.21. The van der Waals surface area contributed by atoms with Gasteiger partial charge in [0.05, 0.1) is 6.61 Å². The van der Waals surface area contributed by atoms with Gasteiger partial charge in [0.2, 0.25) is 0 Å². The fourth-order valence-corrected chi connectivity index (χ4v) is 1.41. The summed E-state index contributed by atoms with van der Waals surface area (Å²) < 4.78 is 9.93. The largest absolute Gasteiger partial charge is 0.491 e. The number of amides is 1. The van der Waals surface area contributed by atoms with Crippen LogP contribution in [0.4, 0.5) is 4.79 Å². The molecule has 1 aromatic rings. The minimum Gasteiger partial charge on any atom is -0.423 e. The summed E-state index contributed by atoms with van der Waals surface area (Å²) in [5, 5.41) is 11.8. The first kappa shape index (κ1) is 10.0. The predicted octanol–water partition coefficient (Wildman–Crippen LogP) is -0.378. The highest BCUT2D eigenvalue weighted by molar-refractivity contribution is 6.61. The van der Waals surface area contributed by atoms with E-state index in [2.05, 4.69) is 5.32 Å². The molecule has 1 aliphatic rings. The Morgan fingerprint density at radius 2 is 2.47 bits per heavy atom. The lowest BCUT2D eigenvalue weighted by molar-refractivity contribution is 0.203. The Hall–Kier alpha value is -1.53. The van der Waals surface area contributed by atoms with E-state index in [0.717, 1.165) is 5.56 Å². The van der Waals surface area contributed by atoms with Gasteiger partial charge in [-0.25, -0.2) is 4.79 Å². The van der Waals surface area contributed by atoms with Crippen LogP contribution in [-0.2, 0) is 11.3 Å². The van der Waals surface area contributed by atoms with E-state index in [-0.39, 0.29) is 0 Å². The second-order valence-electron chi connectivity index (χ2n) is 3.16. The fourth-order valence-electron chi connectivity index (χ4n) is 1.41. The molecule has 0 aliphatic carbocycles. The van der Waals surface area contributed by atoms with Crippen molar-refractivity contribution in [3.63, 3.8) is 0 Å². The topological polar surface area (TPSA) is 67.8 Å². The van der Waals surface area contributed by atoms with Crippen molar-refractivity contribution >= 4 is 18.7 Å². The summed E-state index contributed by atoms with van der Waals surface area (Å²) in [6.45, 7) is 0.386. The van der Waals surface area contributed by atoms with E-state index in [1.807, 2.05) is 0 Å². The number of rotatable bonds is 1. The lowest BCUT2D eigenvalue weighted by Crippen LogP contribution is -2.29. The first-order valence-corrected chi connectivity index (χ1v) is 4.53. The molecule has 5 nitrogen and oxygen atoms in total. The van der Waals surface area contributed by atoms with Gasteiger partial charge in [-0.1, -0.05) is 6.07 Å². The standard InChI is InChI=1S/C9H10BNO4/c1-11-9(12)15-7-3-2-6-5-14-10(13)8(6)4-7/h2-4,13H,5H2,1H3,(H,11,12). The third kappa shape index (κ3) is 1.95. The number of ether oxygens (including phenoxy) is 1. The summed E-state index contributed by atoms with van der Waals surface area (Å²) in [6.07, 6.45) is -0.539. The van der Waals surface area contributed by atoms with E-state index in [0.29, 0.717) is 17.8 Å². The predicted molar refractivity (Wildman–Crippen MR) is 53.9 cm³/mol. The van der Waals surface area contributed by atoms with Gasteiger partial charge >= 0.3 is 13.2 Å². The zero-order chi connectivity index (χ0) is 10.8. The number of carbonyl (C=O) groups excluding carboxylic acids is 1. The Morgan fingerprint density at radius 3 is 3.20 bits per heavy atom. The highest BCUT2D eigenvalue weighted by Crippen LogP contribution is 2.16. The quantitative estimate of drug-likeness (QED) is 0.616. The van der Waals surface area contributed by atoms with E-state index >= 15 is 0 Å². The van der Waals surface area contributed by atoms with E-state index < -0.39 is 13.2 Å². The van der Waals surface area contributed by atoms with Gasteiger partial charge in [-0.2, -0.15) is 0 Å². The summed E-state index contributed by atoms with van der Waals surface area (Å²) in [5.41, 5.74) is 1.56. The van der Waals surface area contributed by atoms with Crippen molar-refractivity contribution in [2.45, 2.75) is 6.61 Å². The Morgan fingerprint density at radius 1 is 1.67 bits per heavy atom. The molecule has 1 amide bonds. The van der Waals surface area contributed by atoms with Crippen molar-refractivity contribution < 1.29 is 19.2 Å². The third-order valence-electron chi connectivity index (χ3n) is 2.19. The maximum atomic E-state index is 10.9. The molecule has 0 unspecified atom stereocenters. The number of hydrogen-bond donors (Lipinski definition) is 2. The average molecular weight is 207 g/mol.